The van der Waals surface area contributed by atoms with Crippen molar-refractivity contribution in [1.82, 2.24) is 0 Å². The summed E-state index contributed by atoms with van der Waals surface area (Å²) < 4.78 is 13.7. The molecule has 0 spiro atoms. The van der Waals surface area contributed by atoms with E-state index in [-0.39, 0.29) is 11.2 Å². The smallest absolute Gasteiger partial charge is 0.126 e. The highest BCUT2D eigenvalue weighted by Crippen LogP contribution is 2.32. The Labute approximate surface area is 120 Å². The predicted molar refractivity (Wildman–Crippen MR) is 80.3 cm³/mol. The van der Waals surface area contributed by atoms with Crippen molar-refractivity contribution in [3.05, 3.63) is 70.5 Å². The van der Waals surface area contributed by atoms with Crippen LogP contribution < -0.4 is 0 Å². The summed E-state index contributed by atoms with van der Waals surface area (Å²) in [5.41, 5.74) is 3.02. The molecule has 0 radical (unpaired) electrons. The third-order valence-corrected chi connectivity index (χ3v) is 3.58. The summed E-state index contributed by atoms with van der Waals surface area (Å²) in [4.78, 5) is 0. The first kappa shape index (κ1) is 14.7. The van der Waals surface area contributed by atoms with E-state index in [1.807, 2.05) is 24.3 Å². The Morgan fingerprint density at radius 1 is 1.05 bits per heavy atom. The standard InChI is InChI=1S/C18H21FO/c1-12-9-10-13(11-16(12)19)17(20)14-7-5-6-8-15(14)18(2,3)4/h5-11,17,20H,1-4H3. The molecule has 2 rings (SSSR count). The number of hydrogen-bond donors (Lipinski definition) is 1. The van der Waals surface area contributed by atoms with E-state index in [0.717, 1.165) is 11.1 Å². The number of aryl methyl sites for hydroxylation is 1. The lowest BCUT2D eigenvalue weighted by molar-refractivity contribution is 0.217. The van der Waals surface area contributed by atoms with Gasteiger partial charge in [-0.1, -0.05) is 57.2 Å². The highest BCUT2D eigenvalue weighted by Gasteiger charge is 2.22. The zero-order valence-corrected chi connectivity index (χ0v) is 12.4. The van der Waals surface area contributed by atoms with Gasteiger partial charge in [-0.05, 0) is 40.7 Å². The van der Waals surface area contributed by atoms with Gasteiger partial charge in [-0.3, -0.25) is 0 Å². The Morgan fingerprint density at radius 3 is 2.30 bits per heavy atom. The van der Waals surface area contributed by atoms with Crippen molar-refractivity contribution in [1.29, 1.82) is 0 Å². The van der Waals surface area contributed by atoms with Crippen LogP contribution in [0.2, 0.25) is 0 Å². The van der Waals surface area contributed by atoms with E-state index in [1.54, 1.807) is 19.1 Å². The van der Waals surface area contributed by atoms with Gasteiger partial charge in [0.1, 0.15) is 11.9 Å². The summed E-state index contributed by atoms with van der Waals surface area (Å²) in [6.07, 6.45) is -0.805. The van der Waals surface area contributed by atoms with Crippen molar-refractivity contribution in [2.75, 3.05) is 0 Å². The molecule has 106 valence electrons. The minimum Gasteiger partial charge on any atom is -0.384 e. The molecule has 0 aliphatic rings. The summed E-state index contributed by atoms with van der Waals surface area (Å²) in [5, 5.41) is 10.6. The van der Waals surface area contributed by atoms with E-state index in [9.17, 15) is 9.50 Å². The highest BCUT2D eigenvalue weighted by atomic mass is 19.1. The van der Waals surface area contributed by atoms with Gasteiger partial charge >= 0.3 is 0 Å². The van der Waals surface area contributed by atoms with Crippen molar-refractivity contribution in [2.45, 2.75) is 39.2 Å². The van der Waals surface area contributed by atoms with E-state index in [0.29, 0.717) is 11.1 Å². The van der Waals surface area contributed by atoms with Gasteiger partial charge in [-0.25, -0.2) is 4.39 Å². The largest absolute Gasteiger partial charge is 0.384 e. The lowest BCUT2D eigenvalue weighted by Crippen LogP contribution is -2.16. The maximum Gasteiger partial charge on any atom is 0.126 e. The maximum atomic E-state index is 13.7. The Balaban J connectivity index is 2.48. The van der Waals surface area contributed by atoms with Crippen LogP contribution >= 0.6 is 0 Å². The normalized spacial score (nSPS) is 13.3. The lowest BCUT2D eigenvalue weighted by Gasteiger charge is -2.25. The molecule has 0 fully saturated rings. The molecule has 1 atom stereocenters. The van der Waals surface area contributed by atoms with Gasteiger partial charge in [0.15, 0.2) is 0 Å². The van der Waals surface area contributed by atoms with Crippen LogP contribution in [0.1, 0.15) is 49.1 Å². The molecule has 2 heteroatoms. The van der Waals surface area contributed by atoms with Crippen LogP contribution in [0.15, 0.2) is 42.5 Å². The van der Waals surface area contributed by atoms with Gasteiger partial charge in [-0.15, -0.1) is 0 Å². The second-order valence-electron chi connectivity index (χ2n) is 6.25. The van der Waals surface area contributed by atoms with Crippen LogP contribution in [0.3, 0.4) is 0 Å². The average molecular weight is 272 g/mol. The molecule has 0 saturated carbocycles. The SMILES string of the molecule is Cc1ccc(C(O)c2ccccc2C(C)(C)C)cc1F. The summed E-state index contributed by atoms with van der Waals surface area (Å²) in [5.74, 6) is -0.283. The quantitative estimate of drug-likeness (QED) is 0.852. The second kappa shape index (κ2) is 5.37. The zero-order chi connectivity index (χ0) is 14.9. The number of hydrogen-bond acceptors (Lipinski definition) is 1. The van der Waals surface area contributed by atoms with Gasteiger partial charge in [0, 0.05) is 0 Å². The molecule has 0 heterocycles. The topological polar surface area (TPSA) is 20.2 Å². The maximum absolute atomic E-state index is 13.7. The number of rotatable bonds is 2. The van der Waals surface area contributed by atoms with Gasteiger partial charge in [0.2, 0.25) is 0 Å². The van der Waals surface area contributed by atoms with Crippen molar-refractivity contribution in [3.8, 4) is 0 Å². The molecular formula is C18H21FO. The summed E-state index contributed by atoms with van der Waals surface area (Å²) in [7, 11) is 0. The van der Waals surface area contributed by atoms with Crippen molar-refractivity contribution in [3.63, 3.8) is 0 Å². The average Bonchev–Trinajstić information content (AvgIpc) is 2.40. The molecule has 0 saturated heterocycles. The number of aliphatic hydroxyl groups excluding tert-OH is 1. The predicted octanol–water partition coefficient (Wildman–Crippen LogP) is 4.51. The first-order valence-corrected chi connectivity index (χ1v) is 6.84. The van der Waals surface area contributed by atoms with Crippen LogP contribution in [-0.2, 0) is 5.41 Å². The van der Waals surface area contributed by atoms with E-state index in [1.165, 1.54) is 6.07 Å². The van der Waals surface area contributed by atoms with Crippen LogP contribution in [0.5, 0.6) is 0 Å². The van der Waals surface area contributed by atoms with Gasteiger partial charge in [0.05, 0.1) is 0 Å². The zero-order valence-electron chi connectivity index (χ0n) is 12.4. The van der Waals surface area contributed by atoms with Crippen molar-refractivity contribution >= 4 is 0 Å². The van der Waals surface area contributed by atoms with Gasteiger partial charge < -0.3 is 5.11 Å². The van der Waals surface area contributed by atoms with Crippen LogP contribution in [0.25, 0.3) is 0 Å². The van der Waals surface area contributed by atoms with Gasteiger partial charge in [-0.2, -0.15) is 0 Å². The first-order chi connectivity index (χ1) is 9.30. The second-order valence-corrected chi connectivity index (χ2v) is 6.25. The molecule has 20 heavy (non-hydrogen) atoms. The summed E-state index contributed by atoms with van der Waals surface area (Å²) >= 11 is 0. The summed E-state index contributed by atoms with van der Waals surface area (Å²) in [6.45, 7) is 8.03. The molecule has 1 unspecified atom stereocenters. The molecule has 1 N–H and O–H groups in total. The number of aliphatic hydroxyl groups is 1. The minimum absolute atomic E-state index is 0.0686. The molecule has 0 amide bonds. The molecule has 0 bridgehead atoms. The lowest BCUT2D eigenvalue weighted by atomic mass is 9.81. The molecule has 2 aromatic rings. The van der Waals surface area contributed by atoms with Crippen LogP contribution in [0, 0.1) is 12.7 Å². The molecular weight excluding hydrogens is 251 g/mol. The van der Waals surface area contributed by atoms with E-state index < -0.39 is 6.10 Å². The first-order valence-electron chi connectivity index (χ1n) is 6.84. The Bertz CT molecular complexity index is 611. The molecule has 0 aliphatic carbocycles. The number of halogens is 1. The van der Waals surface area contributed by atoms with E-state index in [2.05, 4.69) is 20.8 Å². The Kier molecular flexibility index (Phi) is 3.96. The Morgan fingerprint density at radius 2 is 1.70 bits per heavy atom. The van der Waals surface area contributed by atoms with Gasteiger partial charge in [0.25, 0.3) is 0 Å². The highest BCUT2D eigenvalue weighted by molar-refractivity contribution is 5.40. The van der Waals surface area contributed by atoms with Crippen LogP contribution in [0.4, 0.5) is 4.39 Å². The third-order valence-electron chi connectivity index (χ3n) is 3.58. The van der Waals surface area contributed by atoms with E-state index in [4.69, 9.17) is 0 Å². The van der Waals surface area contributed by atoms with Crippen molar-refractivity contribution < 1.29 is 9.50 Å². The molecule has 2 aromatic carbocycles. The molecule has 0 aromatic heterocycles. The fourth-order valence-corrected chi connectivity index (χ4v) is 2.38. The molecule has 0 aliphatic heterocycles. The fraction of sp³-hybridized carbons (Fsp3) is 0.333. The Hall–Kier alpha value is -1.67. The third kappa shape index (κ3) is 2.91. The van der Waals surface area contributed by atoms with Crippen molar-refractivity contribution in [2.24, 2.45) is 0 Å². The summed E-state index contributed by atoms with van der Waals surface area (Å²) in [6, 6.07) is 12.7. The molecule has 1 nitrogen and oxygen atoms in total. The fourth-order valence-electron chi connectivity index (χ4n) is 2.38. The monoisotopic (exact) mass is 272 g/mol. The van der Waals surface area contributed by atoms with Crippen LogP contribution in [-0.4, -0.2) is 5.11 Å². The van der Waals surface area contributed by atoms with E-state index >= 15 is 0 Å². The minimum atomic E-state index is -0.805. The number of benzene rings is 2.